The molecule has 1 aliphatic heterocycles. The molecule has 0 aromatic carbocycles. The summed E-state index contributed by atoms with van der Waals surface area (Å²) in [6, 6.07) is 2.37. The van der Waals surface area contributed by atoms with E-state index < -0.39 is 0 Å². The van der Waals surface area contributed by atoms with E-state index in [0.29, 0.717) is 0 Å². The molecule has 84 valence electrons. The fraction of sp³-hybridized carbons (Fsp3) is 0.455. The van der Waals surface area contributed by atoms with E-state index in [1.54, 1.807) is 17.7 Å². The Kier molecular flexibility index (Phi) is 2.49. The Morgan fingerprint density at radius 3 is 3.25 bits per heavy atom. The van der Waals surface area contributed by atoms with E-state index in [4.69, 9.17) is 5.73 Å². The molecule has 0 amide bonds. The molecule has 0 saturated carbocycles. The van der Waals surface area contributed by atoms with Crippen molar-refractivity contribution >= 4 is 27.4 Å². The molecule has 16 heavy (non-hydrogen) atoms. The second kappa shape index (κ2) is 3.99. The van der Waals surface area contributed by atoms with Gasteiger partial charge in [0.2, 0.25) is 0 Å². The molecule has 5 heteroatoms. The SMILES string of the molecule is NC1CCCN(c2ncnc3sccc23)C1. The number of piperidine rings is 1. The van der Waals surface area contributed by atoms with E-state index in [2.05, 4.69) is 26.3 Å². The lowest BCUT2D eigenvalue weighted by Crippen LogP contribution is -2.43. The third-order valence-corrected chi connectivity index (χ3v) is 3.82. The molecule has 1 aliphatic rings. The largest absolute Gasteiger partial charge is 0.354 e. The van der Waals surface area contributed by atoms with Crippen LogP contribution in [0.25, 0.3) is 10.2 Å². The summed E-state index contributed by atoms with van der Waals surface area (Å²) in [7, 11) is 0. The van der Waals surface area contributed by atoms with E-state index in [1.165, 1.54) is 0 Å². The maximum Gasteiger partial charge on any atom is 0.140 e. The number of fused-ring (bicyclic) bond motifs is 1. The van der Waals surface area contributed by atoms with E-state index >= 15 is 0 Å². The molecule has 0 radical (unpaired) electrons. The van der Waals surface area contributed by atoms with Gasteiger partial charge in [-0.1, -0.05) is 0 Å². The monoisotopic (exact) mass is 234 g/mol. The summed E-state index contributed by atoms with van der Waals surface area (Å²) in [5.74, 6) is 1.04. The number of nitrogens with two attached hydrogens (primary N) is 1. The average molecular weight is 234 g/mol. The second-order valence-corrected chi connectivity index (χ2v) is 5.08. The van der Waals surface area contributed by atoms with Gasteiger partial charge in [-0.2, -0.15) is 0 Å². The van der Waals surface area contributed by atoms with Gasteiger partial charge in [-0.3, -0.25) is 0 Å². The topological polar surface area (TPSA) is 55.0 Å². The van der Waals surface area contributed by atoms with Crippen LogP contribution in [0.3, 0.4) is 0 Å². The van der Waals surface area contributed by atoms with Crippen molar-refractivity contribution in [3.05, 3.63) is 17.8 Å². The number of anilines is 1. The van der Waals surface area contributed by atoms with Crippen molar-refractivity contribution in [2.24, 2.45) is 5.73 Å². The molecular weight excluding hydrogens is 220 g/mol. The Bertz CT molecular complexity index is 495. The first-order valence-electron chi connectivity index (χ1n) is 5.53. The van der Waals surface area contributed by atoms with Gasteiger partial charge in [0, 0.05) is 19.1 Å². The van der Waals surface area contributed by atoms with Crippen molar-refractivity contribution in [2.45, 2.75) is 18.9 Å². The predicted octanol–water partition coefficient (Wildman–Crippen LogP) is 1.62. The number of thiophene rings is 1. The smallest absolute Gasteiger partial charge is 0.140 e. The minimum Gasteiger partial charge on any atom is -0.354 e. The van der Waals surface area contributed by atoms with Gasteiger partial charge in [-0.05, 0) is 24.3 Å². The summed E-state index contributed by atoms with van der Waals surface area (Å²) >= 11 is 1.66. The van der Waals surface area contributed by atoms with Crippen LogP contribution in [-0.4, -0.2) is 29.1 Å². The van der Waals surface area contributed by atoms with Crippen LogP contribution < -0.4 is 10.6 Å². The Morgan fingerprint density at radius 1 is 1.44 bits per heavy atom. The molecule has 1 atom stereocenters. The van der Waals surface area contributed by atoms with Crippen molar-refractivity contribution in [2.75, 3.05) is 18.0 Å². The number of rotatable bonds is 1. The molecule has 2 aromatic rings. The van der Waals surface area contributed by atoms with E-state index in [9.17, 15) is 0 Å². The Labute approximate surface area is 98.1 Å². The van der Waals surface area contributed by atoms with Crippen LogP contribution in [-0.2, 0) is 0 Å². The summed E-state index contributed by atoms with van der Waals surface area (Å²) in [4.78, 5) is 12.0. The van der Waals surface area contributed by atoms with Gasteiger partial charge in [-0.25, -0.2) is 9.97 Å². The van der Waals surface area contributed by atoms with Gasteiger partial charge in [0.05, 0.1) is 5.39 Å². The minimum atomic E-state index is 0.275. The maximum atomic E-state index is 6.00. The molecule has 4 nitrogen and oxygen atoms in total. The summed E-state index contributed by atoms with van der Waals surface area (Å²) in [6.45, 7) is 1.96. The highest BCUT2D eigenvalue weighted by atomic mass is 32.1. The van der Waals surface area contributed by atoms with Crippen LogP contribution in [0.2, 0.25) is 0 Å². The lowest BCUT2D eigenvalue weighted by molar-refractivity contribution is 0.504. The number of aromatic nitrogens is 2. The predicted molar refractivity (Wildman–Crippen MR) is 66.8 cm³/mol. The van der Waals surface area contributed by atoms with E-state index in [1.807, 2.05) is 0 Å². The van der Waals surface area contributed by atoms with Crippen molar-refractivity contribution < 1.29 is 0 Å². The fourth-order valence-electron chi connectivity index (χ4n) is 2.23. The van der Waals surface area contributed by atoms with E-state index in [-0.39, 0.29) is 6.04 Å². The van der Waals surface area contributed by atoms with Crippen molar-refractivity contribution in [3.63, 3.8) is 0 Å². The number of hydrogen-bond acceptors (Lipinski definition) is 5. The van der Waals surface area contributed by atoms with Crippen LogP contribution in [0, 0.1) is 0 Å². The van der Waals surface area contributed by atoms with Gasteiger partial charge < -0.3 is 10.6 Å². The Balaban J connectivity index is 2.01. The van der Waals surface area contributed by atoms with Gasteiger partial charge in [-0.15, -0.1) is 11.3 Å². The zero-order chi connectivity index (χ0) is 11.0. The summed E-state index contributed by atoms with van der Waals surface area (Å²) in [5.41, 5.74) is 6.00. The summed E-state index contributed by atoms with van der Waals surface area (Å²) < 4.78 is 0. The van der Waals surface area contributed by atoms with Gasteiger partial charge >= 0.3 is 0 Å². The molecule has 1 fully saturated rings. The molecule has 1 unspecified atom stereocenters. The molecule has 0 bridgehead atoms. The van der Waals surface area contributed by atoms with Crippen LogP contribution in [0.4, 0.5) is 5.82 Å². The zero-order valence-corrected chi connectivity index (χ0v) is 9.78. The highest BCUT2D eigenvalue weighted by molar-refractivity contribution is 7.16. The third kappa shape index (κ3) is 1.66. The lowest BCUT2D eigenvalue weighted by Gasteiger charge is -2.31. The van der Waals surface area contributed by atoms with Crippen LogP contribution in [0.1, 0.15) is 12.8 Å². The minimum absolute atomic E-state index is 0.275. The van der Waals surface area contributed by atoms with Gasteiger partial charge in [0.1, 0.15) is 17.0 Å². The Hall–Kier alpha value is -1.20. The highest BCUT2D eigenvalue weighted by Gasteiger charge is 2.19. The van der Waals surface area contributed by atoms with Crippen LogP contribution >= 0.6 is 11.3 Å². The van der Waals surface area contributed by atoms with E-state index in [0.717, 1.165) is 42.0 Å². The summed E-state index contributed by atoms with van der Waals surface area (Å²) in [6.07, 6.45) is 3.92. The average Bonchev–Trinajstić information content (AvgIpc) is 2.76. The molecule has 1 saturated heterocycles. The molecule has 0 aliphatic carbocycles. The lowest BCUT2D eigenvalue weighted by atomic mass is 10.1. The molecule has 2 aromatic heterocycles. The normalized spacial score (nSPS) is 21.6. The Morgan fingerprint density at radius 2 is 2.38 bits per heavy atom. The second-order valence-electron chi connectivity index (χ2n) is 4.19. The number of hydrogen-bond donors (Lipinski definition) is 1. The van der Waals surface area contributed by atoms with Gasteiger partial charge in [0.25, 0.3) is 0 Å². The fourth-order valence-corrected chi connectivity index (χ4v) is 2.96. The standard InChI is InChI=1S/C11H14N4S/c12-8-2-1-4-15(6-8)10-9-3-5-16-11(9)14-7-13-10/h3,5,7-8H,1-2,4,6,12H2. The van der Waals surface area contributed by atoms with Gasteiger partial charge in [0.15, 0.2) is 0 Å². The first-order chi connectivity index (χ1) is 7.84. The third-order valence-electron chi connectivity index (χ3n) is 3.00. The first-order valence-corrected chi connectivity index (χ1v) is 6.41. The summed E-state index contributed by atoms with van der Waals surface area (Å²) in [5, 5.41) is 3.22. The van der Waals surface area contributed by atoms with Crippen molar-refractivity contribution in [3.8, 4) is 0 Å². The molecule has 2 N–H and O–H groups in total. The highest BCUT2D eigenvalue weighted by Crippen LogP contribution is 2.28. The van der Waals surface area contributed by atoms with Crippen molar-refractivity contribution in [1.29, 1.82) is 0 Å². The quantitative estimate of drug-likeness (QED) is 0.814. The number of nitrogens with zero attached hydrogens (tertiary/aromatic N) is 3. The molecular formula is C11H14N4S. The van der Waals surface area contributed by atoms with Crippen LogP contribution in [0.15, 0.2) is 17.8 Å². The van der Waals surface area contributed by atoms with Crippen molar-refractivity contribution in [1.82, 2.24) is 9.97 Å². The molecule has 0 spiro atoms. The zero-order valence-electron chi connectivity index (χ0n) is 8.97. The van der Waals surface area contributed by atoms with Crippen LogP contribution in [0.5, 0.6) is 0 Å². The molecule has 3 heterocycles. The first kappa shape index (κ1) is 9.99. The maximum absolute atomic E-state index is 6.00. The molecule has 3 rings (SSSR count).